The van der Waals surface area contributed by atoms with E-state index in [-0.39, 0.29) is 24.0 Å². The molecule has 7 heteroatoms. The Morgan fingerprint density at radius 1 is 1.22 bits per heavy atom. The number of nitrogens with zero attached hydrogens (tertiary/aromatic N) is 2. The molecule has 23 heavy (non-hydrogen) atoms. The summed E-state index contributed by atoms with van der Waals surface area (Å²) in [6.45, 7) is 0.750. The zero-order valence-corrected chi connectivity index (χ0v) is 13.2. The number of H-pyrrole nitrogens is 1. The number of aliphatic carboxylic acids is 1. The topological polar surface area (TPSA) is 98.3 Å². The summed E-state index contributed by atoms with van der Waals surface area (Å²) in [4.78, 5) is 25.5. The summed E-state index contributed by atoms with van der Waals surface area (Å²) in [7, 11) is 0. The molecule has 2 fully saturated rings. The maximum absolute atomic E-state index is 12.7. The van der Waals surface area contributed by atoms with Crippen molar-refractivity contribution in [3.63, 3.8) is 0 Å². The fourth-order valence-electron chi connectivity index (χ4n) is 3.69. The van der Waals surface area contributed by atoms with Crippen molar-refractivity contribution in [2.24, 2.45) is 5.92 Å². The van der Waals surface area contributed by atoms with E-state index in [9.17, 15) is 9.59 Å². The van der Waals surface area contributed by atoms with E-state index in [0.29, 0.717) is 12.8 Å². The van der Waals surface area contributed by atoms with Crippen LogP contribution in [0.2, 0.25) is 0 Å². The molecule has 1 aromatic heterocycles. The molecule has 1 saturated heterocycles. The summed E-state index contributed by atoms with van der Waals surface area (Å²) in [6.07, 6.45) is 7.56. The highest BCUT2D eigenvalue weighted by Gasteiger charge is 2.32. The number of piperidine rings is 1. The van der Waals surface area contributed by atoms with Gasteiger partial charge in [-0.2, -0.15) is 5.10 Å². The highest BCUT2D eigenvalue weighted by Crippen LogP contribution is 2.30. The number of aromatic nitrogens is 2. The SMILES string of the molecule is O=C(O)C1CCC(NC(=O)N2CCCCC2c2ccn[nH]2)CC1. The van der Waals surface area contributed by atoms with Gasteiger partial charge in [-0.25, -0.2) is 4.79 Å². The van der Waals surface area contributed by atoms with E-state index in [0.717, 1.165) is 44.3 Å². The number of hydrogen-bond donors (Lipinski definition) is 3. The van der Waals surface area contributed by atoms with Crippen molar-refractivity contribution < 1.29 is 14.7 Å². The Kier molecular flexibility index (Phi) is 4.83. The average molecular weight is 320 g/mol. The van der Waals surface area contributed by atoms with Crippen LogP contribution >= 0.6 is 0 Å². The van der Waals surface area contributed by atoms with E-state index in [1.165, 1.54) is 0 Å². The van der Waals surface area contributed by atoms with Crippen LogP contribution in [0.3, 0.4) is 0 Å². The molecule has 1 aliphatic carbocycles. The minimum atomic E-state index is -0.717. The molecular weight excluding hydrogens is 296 g/mol. The first-order valence-corrected chi connectivity index (χ1v) is 8.44. The number of aromatic amines is 1. The van der Waals surface area contributed by atoms with Crippen LogP contribution in [0.5, 0.6) is 0 Å². The molecule has 1 aliphatic heterocycles. The van der Waals surface area contributed by atoms with Gasteiger partial charge in [-0.05, 0) is 51.0 Å². The summed E-state index contributed by atoms with van der Waals surface area (Å²) >= 11 is 0. The van der Waals surface area contributed by atoms with Crippen molar-refractivity contribution in [2.75, 3.05) is 6.54 Å². The van der Waals surface area contributed by atoms with Crippen molar-refractivity contribution in [3.05, 3.63) is 18.0 Å². The molecule has 126 valence electrons. The highest BCUT2D eigenvalue weighted by molar-refractivity contribution is 5.75. The van der Waals surface area contributed by atoms with Crippen molar-refractivity contribution in [3.8, 4) is 0 Å². The van der Waals surface area contributed by atoms with Gasteiger partial charge in [0.2, 0.25) is 0 Å². The summed E-state index contributed by atoms with van der Waals surface area (Å²) in [5, 5.41) is 19.1. The number of nitrogens with one attached hydrogen (secondary N) is 2. The molecule has 0 bridgehead atoms. The third kappa shape index (κ3) is 3.65. The van der Waals surface area contributed by atoms with Crippen LogP contribution in [0.15, 0.2) is 12.3 Å². The predicted octanol–water partition coefficient (Wildman–Crippen LogP) is 2.29. The van der Waals surface area contributed by atoms with E-state index in [2.05, 4.69) is 15.5 Å². The Hall–Kier alpha value is -2.05. The first kappa shape index (κ1) is 15.8. The Balaban J connectivity index is 1.57. The van der Waals surface area contributed by atoms with Crippen molar-refractivity contribution in [1.29, 1.82) is 0 Å². The predicted molar refractivity (Wildman–Crippen MR) is 83.8 cm³/mol. The number of rotatable bonds is 3. The first-order chi connectivity index (χ1) is 11.1. The summed E-state index contributed by atoms with van der Waals surface area (Å²) in [6, 6.07) is 2.03. The lowest BCUT2D eigenvalue weighted by Gasteiger charge is -2.37. The number of carboxylic acids is 1. The van der Waals surface area contributed by atoms with E-state index in [1.807, 2.05) is 11.0 Å². The summed E-state index contributed by atoms with van der Waals surface area (Å²) < 4.78 is 0. The minimum Gasteiger partial charge on any atom is -0.481 e. The lowest BCUT2D eigenvalue weighted by atomic mass is 9.86. The minimum absolute atomic E-state index is 0.0388. The molecule has 3 rings (SSSR count). The van der Waals surface area contributed by atoms with Gasteiger partial charge in [0.1, 0.15) is 0 Å². The molecule has 0 spiro atoms. The number of carbonyl (C=O) groups excluding carboxylic acids is 1. The van der Waals surface area contributed by atoms with Crippen LogP contribution in [-0.2, 0) is 4.79 Å². The van der Waals surface area contributed by atoms with E-state index in [1.54, 1.807) is 6.20 Å². The van der Waals surface area contributed by atoms with E-state index in [4.69, 9.17) is 5.11 Å². The molecule has 1 aromatic rings. The summed E-state index contributed by atoms with van der Waals surface area (Å²) in [5.74, 6) is -0.971. The number of carboxylic acid groups (broad SMARTS) is 1. The van der Waals surface area contributed by atoms with Gasteiger partial charge < -0.3 is 15.3 Å². The molecule has 1 unspecified atom stereocenters. The molecule has 0 aromatic carbocycles. The standard InChI is InChI=1S/C16H24N4O3/c21-15(22)11-4-6-12(7-5-11)18-16(23)20-10-2-1-3-14(20)13-8-9-17-19-13/h8-9,11-12,14H,1-7,10H2,(H,17,19)(H,18,23)(H,21,22). The van der Waals surface area contributed by atoms with Gasteiger partial charge in [-0.15, -0.1) is 0 Å². The fraction of sp³-hybridized carbons (Fsp3) is 0.688. The molecule has 2 aliphatic rings. The largest absolute Gasteiger partial charge is 0.481 e. The Morgan fingerprint density at radius 2 is 2.00 bits per heavy atom. The van der Waals surface area contributed by atoms with Crippen molar-refractivity contribution in [2.45, 2.75) is 57.0 Å². The molecule has 3 N–H and O–H groups in total. The van der Waals surface area contributed by atoms with Crippen LogP contribution in [-0.4, -0.2) is 44.8 Å². The average Bonchev–Trinajstić information content (AvgIpc) is 3.09. The van der Waals surface area contributed by atoms with Gasteiger partial charge in [-0.3, -0.25) is 9.89 Å². The smallest absolute Gasteiger partial charge is 0.318 e. The van der Waals surface area contributed by atoms with Crippen LogP contribution in [0.1, 0.15) is 56.7 Å². The molecule has 1 atom stereocenters. The number of urea groups is 1. The van der Waals surface area contributed by atoms with Crippen LogP contribution < -0.4 is 5.32 Å². The van der Waals surface area contributed by atoms with Gasteiger partial charge in [-0.1, -0.05) is 0 Å². The summed E-state index contributed by atoms with van der Waals surface area (Å²) in [5.41, 5.74) is 0.981. The second kappa shape index (κ2) is 7.02. The number of likely N-dealkylation sites (tertiary alicyclic amines) is 1. The number of hydrogen-bond acceptors (Lipinski definition) is 3. The zero-order chi connectivity index (χ0) is 16.2. The monoisotopic (exact) mass is 320 g/mol. The maximum Gasteiger partial charge on any atom is 0.318 e. The van der Waals surface area contributed by atoms with E-state index >= 15 is 0 Å². The maximum atomic E-state index is 12.7. The lowest BCUT2D eigenvalue weighted by molar-refractivity contribution is -0.142. The molecule has 2 heterocycles. The van der Waals surface area contributed by atoms with E-state index < -0.39 is 5.97 Å². The second-order valence-corrected chi connectivity index (χ2v) is 6.55. The molecule has 0 radical (unpaired) electrons. The Morgan fingerprint density at radius 3 is 2.65 bits per heavy atom. The second-order valence-electron chi connectivity index (χ2n) is 6.55. The number of amides is 2. The quantitative estimate of drug-likeness (QED) is 0.795. The first-order valence-electron chi connectivity index (χ1n) is 8.44. The molecule has 7 nitrogen and oxygen atoms in total. The third-order valence-electron chi connectivity index (χ3n) is 5.05. The number of carbonyl (C=O) groups is 2. The van der Waals surface area contributed by atoms with Crippen LogP contribution in [0.4, 0.5) is 4.79 Å². The normalized spacial score (nSPS) is 28.3. The van der Waals surface area contributed by atoms with Crippen LogP contribution in [0.25, 0.3) is 0 Å². The highest BCUT2D eigenvalue weighted by atomic mass is 16.4. The fourth-order valence-corrected chi connectivity index (χ4v) is 3.69. The van der Waals surface area contributed by atoms with Crippen molar-refractivity contribution >= 4 is 12.0 Å². The van der Waals surface area contributed by atoms with Gasteiger partial charge in [0.05, 0.1) is 17.7 Å². The molecular formula is C16H24N4O3. The van der Waals surface area contributed by atoms with Gasteiger partial charge in [0.15, 0.2) is 0 Å². The molecule has 1 saturated carbocycles. The van der Waals surface area contributed by atoms with Crippen molar-refractivity contribution in [1.82, 2.24) is 20.4 Å². The Labute approximate surface area is 135 Å². The molecule has 2 amide bonds. The third-order valence-corrected chi connectivity index (χ3v) is 5.05. The van der Waals surface area contributed by atoms with Gasteiger partial charge >= 0.3 is 12.0 Å². The lowest BCUT2D eigenvalue weighted by Crippen LogP contribution is -2.49. The van der Waals surface area contributed by atoms with Gasteiger partial charge in [0, 0.05) is 18.8 Å². The zero-order valence-electron chi connectivity index (χ0n) is 13.2. The van der Waals surface area contributed by atoms with Gasteiger partial charge in [0.25, 0.3) is 0 Å². The van der Waals surface area contributed by atoms with Crippen LogP contribution in [0, 0.1) is 5.92 Å². The Bertz CT molecular complexity index is 538.